The average Bonchev–Trinajstić information content (AvgIpc) is 3.29. The summed E-state index contributed by atoms with van der Waals surface area (Å²) in [5.41, 5.74) is 8.30. The number of benzene rings is 4. The van der Waals surface area contributed by atoms with Crippen LogP contribution in [0.1, 0.15) is 24.0 Å². The second-order valence-corrected chi connectivity index (χ2v) is 12.9. The minimum absolute atomic E-state index is 0.179. The molecule has 1 aromatic heterocycles. The van der Waals surface area contributed by atoms with Gasteiger partial charge >= 0.3 is 216 Å². The standard InChI is InChI=1S/C28H24B2N4Te/c1-2-12-20-19(11-1)27(29-31-21-13-3-7-17-8-4-14-22(32-29)25(17)21)35-28(20)30-33-23-15-5-9-18-10-6-16-24(34-30)26(18)23/h3-10,13-16,31-34H,1-2,11-12H2. The summed E-state index contributed by atoms with van der Waals surface area (Å²) in [4.78, 5) is 0. The van der Waals surface area contributed by atoms with Crippen molar-refractivity contribution in [3.05, 3.63) is 83.9 Å². The predicted octanol–water partition coefficient (Wildman–Crippen LogP) is 4.39. The molecule has 3 aliphatic rings. The van der Waals surface area contributed by atoms with E-state index in [4.69, 9.17) is 0 Å². The summed E-state index contributed by atoms with van der Waals surface area (Å²) in [5, 5.41) is 20.8. The molecule has 168 valence electrons. The molecule has 4 aromatic carbocycles. The van der Waals surface area contributed by atoms with E-state index in [1.54, 1.807) is 18.1 Å². The SMILES string of the molecule is c1cc2c3c(cccc3c1)NB(c1[te]c(B3Nc4cccc5cccc(c45)N3)c3c1CCCC3)N2. The molecule has 5 aromatic rings. The number of fused-ring (bicyclic) bond motifs is 1. The van der Waals surface area contributed by atoms with Gasteiger partial charge in [0, 0.05) is 0 Å². The molecule has 3 heterocycles. The van der Waals surface area contributed by atoms with Crippen LogP contribution in [-0.2, 0) is 12.8 Å². The Labute approximate surface area is 215 Å². The van der Waals surface area contributed by atoms with E-state index < -0.39 is 20.4 Å². The fraction of sp³-hybridized carbons (Fsp3) is 0.143. The van der Waals surface area contributed by atoms with Crippen LogP contribution in [0.15, 0.2) is 72.8 Å². The van der Waals surface area contributed by atoms with Crippen LogP contribution in [0, 0.1) is 0 Å². The van der Waals surface area contributed by atoms with Crippen LogP contribution in [0.4, 0.5) is 22.7 Å². The van der Waals surface area contributed by atoms with Crippen LogP contribution >= 0.6 is 0 Å². The maximum atomic E-state index is 3.89. The van der Waals surface area contributed by atoms with E-state index in [0.29, 0.717) is 0 Å². The molecule has 0 saturated carbocycles. The number of hydrogen-bond acceptors (Lipinski definition) is 4. The summed E-state index contributed by atoms with van der Waals surface area (Å²) < 4.78 is 3.29. The fourth-order valence-corrected chi connectivity index (χ4v) is 10.3. The van der Waals surface area contributed by atoms with Gasteiger partial charge in [0.1, 0.15) is 0 Å². The second-order valence-electron chi connectivity index (χ2n) is 9.86. The molecular weight excluding hydrogens is 542 g/mol. The fourth-order valence-electron chi connectivity index (χ4n) is 6.28. The number of rotatable bonds is 2. The summed E-state index contributed by atoms with van der Waals surface area (Å²) in [6, 6.07) is 26.4. The van der Waals surface area contributed by atoms with Gasteiger partial charge in [-0.3, -0.25) is 0 Å². The molecule has 4 N–H and O–H groups in total. The van der Waals surface area contributed by atoms with Gasteiger partial charge in [-0.05, 0) is 0 Å². The van der Waals surface area contributed by atoms with Crippen molar-refractivity contribution < 1.29 is 0 Å². The minimum atomic E-state index is -0.517. The zero-order chi connectivity index (χ0) is 22.9. The van der Waals surface area contributed by atoms with Gasteiger partial charge in [0.2, 0.25) is 0 Å². The normalized spacial score (nSPS) is 15.8. The van der Waals surface area contributed by atoms with E-state index in [-0.39, 0.29) is 14.0 Å². The quantitative estimate of drug-likeness (QED) is 0.240. The molecule has 8 rings (SSSR count). The molecule has 0 spiro atoms. The number of nitrogens with one attached hydrogen (secondary N) is 4. The molecule has 0 unspecified atom stereocenters. The van der Waals surface area contributed by atoms with E-state index in [0.717, 1.165) is 0 Å². The summed E-state index contributed by atoms with van der Waals surface area (Å²) in [6.07, 6.45) is 5.03. The third-order valence-electron chi connectivity index (χ3n) is 7.82. The number of hydrogen-bond donors (Lipinski definition) is 4. The molecule has 0 amide bonds. The van der Waals surface area contributed by atoms with Crippen molar-refractivity contribution >= 4 is 85.6 Å². The Kier molecular flexibility index (Phi) is 4.48. The molecule has 0 radical (unpaired) electrons. The topological polar surface area (TPSA) is 48.1 Å². The van der Waals surface area contributed by atoms with Crippen molar-refractivity contribution in [2.75, 3.05) is 20.9 Å². The van der Waals surface area contributed by atoms with E-state index in [9.17, 15) is 0 Å². The number of anilines is 4. The van der Waals surface area contributed by atoms with Gasteiger partial charge in [-0.25, -0.2) is 0 Å². The third kappa shape index (κ3) is 3.08. The first-order valence-electron chi connectivity index (χ1n) is 12.6. The first-order chi connectivity index (χ1) is 17.3. The van der Waals surface area contributed by atoms with Crippen molar-refractivity contribution in [2.45, 2.75) is 25.7 Å². The van der Waals surface area contributed by atoms with Crippen molar-refractivity contribution in [2.24, 2.45) is 0 Å². The molecular formula is C28H24B2N4Te. The van der Waals surface area contributed by atoms with Crippen LogP contribution in [0.3, 0.4) is 0 Å². The summed E-state index contributed by atoms with van der Waals surface area (Å²) >= 11 is -0.517. The van der Waals surface area contributed by atoms with Crippen molar-refractivity contribution in [1.29, 1.82) is 0 Å². The first kappa shape index (κ1) is 20.2. The Balaban J connectivity index is 1.22. The molecule has 1 aliphatic carbocycles. The van der Waals surface area contributed by atoms with E-state index in [1.807, 2.05) is 0 Å². The maximum absolute atomic E-state index is 3.89. The first-order valence-corrected chi connectivity index (χ1v) is 14.9. The van der Waals surface area contributed by atoms with Gasteiger partial charge in [0.05, 0.1) is 0 Å². The summed E-state index contributed by atoms with van der Waals surface area (Å²) in [5.74, 6) is 0. The zero-order valence-corrected chi connectivity index (χ0v) is 21.6. The Morgan fingerprint density at radius 1 is 0.514 bits per heavy atom. The second kappa shape index (κ2) is 7.75. The van der Waals surface area contributed by atoms with Gasteiger partial charge in [0.15, 0.2) is 0 Å². The molecule has 4 nitrogen and oxygen atoms in total. The molecule has 2 aliphatic heterocycles. The van der Waals surface area contributed by atoms with Gasteiger partial charge in [-0.2, -0.15) is 0 Å². The Hall–Kier alpha value is -3.00. The molecule has 0 bridgehead atoms. The van der Waals surface area contributed by atoms with Gasteiger partial charge in [-0.1, -0.05) is 0 Å². The van der Waals surface area contributed by atoms with Gasteiger partial charge in [-0.15, -0.1) is 0 Å². The van der Waals surface area contributed by atoms with Crippen LogP contribution in [0.25, 0.3) is 21.5 Å². The van der Waals surface area contributed by atoms with Crippen LogP contribution in [0.2, 0.25) is 0 Å². The molecule has 0 fully saturated rings. The summed E-state index contributed by atoms with van der Waals surface area (Å²) in [6.45, 7) is 0.357. The van der Waals surface area contributed by atoms with Crippen LogP contribution in [-0.4, -0.2) is 34.4 Å². The van der Waals surface area contributed by atoms with Gasteiger partial charge < -0.3 is 0 Å². The third-order valence-corrected chi connectivity index (χ3v) is 11.8. The summed E-state index contributed by atoms with van der Waals surface area (Å²) in [7, 11) is 0. The van der Waals surface area contributed by atoms with Crippen molar-refractivity contribution in [3.63, 3.8) is 0 Å². The molecule has 35 heavy (non-hydrogen) atoms. The Morgan fingerprint density at radius 3 is 1.26 bits per heavy atom. The average molecular weight is 566 g/mol. The molecule has 0 atom stereocenters. The van der Waals surface area contributed by atoms with Gasteiger partial charge in [0.25, 0.3) is 0 Å². The van der Waals surface area contributed by atoms with E-state index in [1.165, 1.54) is 70.0 Å². The Bertz CT molecular complexity index is 1440. The van der Waals surface area contributed by atoms with Crippen molar-refractivity contribution in [3.8, 4) is 0 Å². The molecule has 7 heteroatoms. The van der Waals surface area contributed by atoms with E-state index >= 15 is 0 Å². The van der Waals surface area contributed by atoms with E-state index in [2.05, 4.69) is 93.7 Å². The van der Waals surface area contributed by atoms with Crippen molar-refractivity contribution in [1.82, 2.24) is 0 Å². The van der Waals surface area contributed by atoms with Crippen LogP contribution in [0.5, 0.6) is 0 Å². The predicted molar refractivity (Wildman–Crippen MR) is 153 cm³/mol. The molecule has 0 saturated heterocycles. The Morgan fingerprint density at radius 2 is 0.886 bits per heavy atom. The monoisotopic (exact) mass is 568 g/mol. The zero-order valence-electron chi connectivity index (χ0n) is 19.3. The van der Waals surface area contributed by atoms with Crippen LogP contribution < -0.4 is 27.9 Å².